The van der Waals surface area contributed by atoms with Crippen molar-refractivity contribution in [3.05, 3.63) is 35.6 Å². The maximum atomic E-state index is 13.0. The van der Waals surface area contributed by atoms with E-state index in [1.54, 1.807) is 12.1 Å². The molecule has 3 nitrogen and oxygen atoms in total. The summed E-state index contributed by atoms with van der Waals surface area (Å²) in [5.41, 5.74) is 0.944. The molecule has 1 amide bonds. The molecular formula is C16H23FN2O. The van der Waals surface area contributed by atoms with Crippen molar-refractivity contribution in [2.45, 2.75) is 51.7 Å². The first-order valence-electron chi connectivity index (χ1n) is 7.45. The number of nitrogens with zero attached hydrogens (tertiary/aromatic N) is 1. The van der Waals surface area contributed by atoms with Gasteiger partial charge < -0.3 is 4.90 Å². The second kappa shape index (κ2) is 6.84. The largest absolute Gasteiger partial charge is 0.322 e. The predicted molar refractivity (Wildman–Crippen MR) is 77.6 cm³/mol. The first-order valence-corrected chi connectivity index (χ1v) is 7.45. The van der Waals surface area contributed by atoms with Gasteiger partial charge in [-0.05, 0) is 31.0 Å². The molecular weight excluding hydrogens is 255 g/mol. The lowest BCUT2D eigenvalue weighted by atomic mass is 10.1. The third kappa shape index (κ3) is 3.37. The molecule has 1 heterocycles. The summed E-state index contributed by atoms with van der Waals surface area (Å²) in [6.07, 6.45) is 4.42. The Morgan fingerprint density at radius 2 is 1.90 bits per heavy atom. The Balaban J connectivity index is 2.05. The van der Waals surface area contributed by atoms with Crippen LogP contribution in [0, 0.1) is 5.82 Å². The van der Waals surface area contributed by atoms with Crippen molar-refractivity contribution >= 4 is 5.91 Å². The van der Waals surface area contributed by atoms with E-state index in [1.165, 1.54) is 25.0 Å². The van der Waals surface area contributed by atoms with E-state index in [0.29, 0.717) is 0 Å². The fourth-order valence-corrected chi connectivity index (χ4v) is 2.64. The highest BCUT2D eigenvalue weighted by atomic mass is 19.1. The Bertz CT molecular complexity index is 446. The van der Waals surface area contributed by atoms with Crippen molar-refractivity contribution in [2.24, 2.45) is 0 Å². The van der Waals surface area contributed by atoms with Gasteiger partial charge in [-0.3, -0.25) is 10.1 Å². The van der Waals surface area contributed by atoms with Gasteiger partial charge >= 0.3 is 0 Å². The van der Waals surface area contributed by atoms with Crippen LogP contribution < -0.4 is 5.32 Å². The first-order chi connectivity index (χ1) is 9.63. The van der Waals surface area contributed by atoms with Crippen molar-refractivity contribution in [2.75, 3.05) is 6.54 Å². The Morgan fingerprint density at radius 1 is 1.20 bits per heavy atom. The fourth-order valence-electron chi connectivity index (χ4n) is 2.64. The van der Waals surface area contributed by atoms with E-state index in [0.717, 1.165) is 24.9 Å². The molecule has 0 aliphatic carbocycles. The van der Waals surface area contributed by atoms with Gasteiger partial charge in [0, 0.05) is 6.54 Å². The van der Waals surface area contributed by atoms with Crippen LogP contribution in [0.2, 0.25) is 0 Å². The molecule has 110 valence electrons. The summed E-state index contributed by atoms with van der Waals surface area (Å²) in [6, 6.07) is 6.21. The summed E-state index contributed by atoms with van der Waals surface area (Å²) in [5, 5.41) is 3.28. The highest BCUT2D eigenvalue weighted by Crippen LogP contribution is 2.26. The second-order valence-electron chi connectivity index (χ2n) is 5.43. The lowest BCUT2D eigenvalue weighted by molar-refractivity contribution is -0.129. The molecule has 0 radical (unpaired) electrons. The molecule has 0 saturated carbocycles. The van der Waals surface area contributed by atoms with Gasteiger partial charge in [-0.25, -0.2) is 4.39 Å². The zero-order valence-electron chi connectivity index (χ0n) is 12.2. The standard InChI is InChI=1S/C16H23FN2O/c1-3-4-5-6-11-19-15(18-12(2)16(19)20)13-7-9-14(17)10-8-13/h7-10,12,15,18H,3-6,11H2,1-2H3. The fraction of sp³-hybridized carbons (Fsp3) is 0.562. The van der Waals surface area contributed by atoms with Crippen LogP contribution in [-0.4, -0.2) is 23.4 Å². The molecule has 1 N–H and O–H groups in total. The highest BCUT2D eigenvalue weighted by molar-refractivity contribution is 5.84. The molecule has 0 aromatic heterocycles. The number of carbonyl (C=O) groups excluding carboxylic acids is 1. The number of amides is 1. The maximum absolute atomic E-state index is 13.0. The number of carbonyl (C=O) groups is 1. The van der Waals surface area contributed by atoms with Gasteiger partial charge in [0.15, 0.2) is 0 Å². The molecule has 1 fully saturated rings. The minimum atomic E-state index is -0.249. The van der Waals surface area contributed by atoms with Crippen molar-refractivity contribution in [1.82, 2.24) is 10.2 Å². The van der Waals surface area contributed by atoms with Gasteiger partial charge in [0.05, 0.1) is 6.04 Å². The SMILES string of the molecule is CCCCCCN1C(=O)C(C)NC1c1ccc(F)cc1. The molecule has 1 aliphatic heterocycles. The van der Waals surface area contributed by atoms with Crippen molar-refractivity contribution in [1.29, 1.82) is 0 Å². The Hall–Kier alpha value is -1.42. The van der Waals surface area contributed by atoms with Gasteiger partial charge in [-0.1, -0.05) is 38.3 Å². The Morgan fingerprint density at radius 3 is 2.55 bits per heavy atom. The van der Waals surface area contributed by atoms with E-state index in [4.69, 9.17) is 0 Å². The van der Waals surface area contributed by atoms with Crippen LogP contribution in [-0.2, 0) is 4.79 Å². The van der Waals surface area contributed by atoms with E-state index in [-0.39, 0.29) is 23.9 Å². The number of unbranched alkanes of at least 4 members (excludes halogenated alkanes) is 3. The summed E-state index contributed by atoms with van der Waals surface area (Å²) >= 11 is 0. The molecule has 2 atom stereocenters. The molecule has 1 saturated heterocycles. The van der Waals surface area contributed by atoms with Crippen LogP contribution >= 0.6 is 0 Å². The number of benzene rings is 1. The van der Waals surface area contributed by atoms with Crippen LogP contribution in [0.15, 0.2) is 24.3 Å². The molecule has 1 aliphatic rings. The molecule has 2 unspecified atom stereocenters. The minimum Gasteiger partial charge on any atom is -0.322 e. The van der Waals surface area contributed by atoms with E-state index in [1.807, 2.05) is 11.8 Å². The van der Waals surface area contributed by atoms with Gasteiger partial charge in [0.25, 0.3) is 0 Å². The van der Waals surface area contributed by atoms with E-state index in [9.17, 15) is 9.18 Å². The normalized spacial score (nSPS) is 22.6. The van der Waals surface area contributed by atoms with Gasteiger partial charge in [-0.2, -0.15) is 0 Å². The Kier molecular flexibility index (Phi) is 5.12. The second-order valence-corrected chi connectivity index (χ2v) is 5.43. The van der Waals surface area contributed by atoms with Crippen LogP contribution in [0.1, 0.15) is 51.3 Å². The molecule has 20 heavy (non-hydrogen) atoms. The molecule has 2 rings (SSSR count). The summed E-state index contributed by atoms with van der Waals surface area (Å²) in [5.74, 6) is -0.114. The number of halogens is 1. The minimum absolute atomic E-state index is 0.125. The van der Waals surface area contributed by atoms with Crippen molar-refractivity contribution < 1.29 is 9.18 Å². The number of nitrogens with one attached hydrogen (secondary N) is 1. The van der Waals surface area contributed by atoms with E-state index < -0.39 is 0 Å². The summed E-state index contributed by atoms with van der Waals surface area (Å²) in [6.45, 7) is 4.81. The zero-order chi connectivity index (χ0) is 14.5. The van der Waals surface area contributed by atoms with Gasteiger partial charge in [0.2, 0.25) is 5.91 Å². The first kappa shape index (κ1) is 15.0. The average Bonchev–Trinajstić information content (AvgIpc) is 2.72. The third-order valence-corrected chi connectivity index (χ3v) is 3.81. The van der Waals surface area contributed by atoms with Crippen molar-refractivity contribution in [3.63, 3.8) is 0 Å². The monoisotopic (exact) mass is 278 g/mol. The molecule has 1 aromatic rings. The third-order valence-electron chi connectivity index (χ3n) is 3.81. The smallest absolute Gasteiger partial charge is 0.241 e. The summed E-state index contributed by atoms with van der Waals surface area (Å²) < 4.78 is 13.0. The predicted octanol–water partition coefficient (Wildman–Crippen LogP) is 3.22. The number of rotatable bonds is 6. The summed E-state index contributed by atoms with van der Waals surface area (Å²) in [7, 11) is 0. The maximum Gasteiger partial charge on any atom is 0.241 e. The number of hydrogen-bond acceptors (Lipinski definition) is 2. The zero-order valence-corrected chi connectivity index (χ0v) is 12.2. The van der Waals surface area contributed by atoms with E-state index in [2.05, 4.69) is 12.2 Å². The number of hydrogen-bond donors (Lipinski definition) is 1. The van der Waals surface area contributed by atoms with Crippen LogP contribution in [0.4, 0.5) is 4.39 Å². The highest BCUT2D eigenvalue weighted by Gasteiger charge is 2.36. The van der Waals surface area contributed by atoms with E-state index >= 15 is 0 Å². The lowest BCUT2D eigenvalue weighted by Crippen LogP contribution is -2.31. The topological polar surface area (TPSA) is 32.3 Å². The lowest BCUT2D eigenvalue weighted by Gasteiger charge is -2.24. The van der Waals surface area contributed by atoms with Crippen LogP contribution in [0.25, 0.3) is 0 Å². The molecule has 0 bridgehead atoms. The van der Waals surface area contributed by atoms with Gasteiger partial charge in [-0.15, -0.1) is 0 Å². The Labute approximate surface area is 120 Å². The van der Waals surface area contributed by atoms with Crippen LogP contribution in [0.3, 0.4) is 0 Å². The molecule has 1 aromatic carbocycles. The molecule has 0 spiro atoms. The van der Waals surface area contributed by atoms with Crippen LogP contribution in [0.5, 0.6) is 0 Å². The van der Waals surface area contributed by atoms with Crippen molar-refractivity contribution in [3.8, 4) is 0 Å². The molecule has 4 heteroatoms. The average molecular weight is 278 g/mol. The summed E-state index contributed by atoms with van der Waals surface area (Å²) in [4.78, 5) is 14.1. The van der Waals surface area contributed by atoms with Gasteiger partial charge in [0.1, 0.15) is 12.0 Å². The quantitative estimate of drug-likeness (QED) is 0.810.